The van der Waals surface area contributed by atoms with Gasteiger partial charge in [-0.1, -0.05) is 18.2 Å². The van der Waals surface area contributed by atoms with Crippen LogP contribution in [-0.2, 0) is 0 Å². The predicted octanol–water partition coefficient (Wildman–Crippen LogP) is 2.31. The fourth-order valence-electron chi connectivity index (χ4n) is 1.92. The molecule has 2 aromatic heterocycles. The van der Waals surface area contributed by atoms with Crippen LogP contribution in [0.2, 0.25) is 0 Å². The van der Waals surface area contributed by atoms with Crippen LogP contribution in [0, 0.1) is 6.92 Å². The second kappa shape index (κ2) is 3.59. The van der Waals surface area contributed by atoms with Crippen molar-refractivity contribution in [2.75, 3.05) is 5.73 Å². The van der Waals surface area contributed by atoms with E-state index < -0.39 is 0 Å². The van der Waals surface area contributed by atoms with Gasteiger partial charge in [0.15, 0.2) is 5.65 Å². The highest BCUT2D eigenvalue weighted by Crippen LogP contribution is 2.20. The molecule has 4 heteroatoms. The van der Waals surface area contributed by atoms with Gasteiger partial charge < -0.3 is 5.73 Å². The lowest BCUT2D eigenvalue weighted by atomic mass is 10.2. The number of hydrogen-bond acceptors (Lipinski definition) is 3. The minimum absolute atomic E-state index is 0.654. The average molecular weight is 224 g/mol. The maximum absolute atomic E-state index is 5.70. The molecule has 2 N–H and O–H groups in total. The zero-order chi connectivity index (χ0) is 11.8. The van der Waals surface area contributed by atoms with Gasteiger partial charge in [0.05, 0.1) is 23.8 Å². The van der Waals surface area contributed by atoms with E-state index in [0.717, 1.165) is 22.3 Å². The van der Waals surface area contributed by atoms with Gasteiger partial charge in [0.2, 0.25) is 0 Å². The molecule has 0 aliphatic heterocycles. The molecule has 0 saturated carbocycles. The lowest BCUT2D eigenvalue weighted by Gasteiger charge is -2.06. The molecule has 3 aromatic rings. The van der Waals surface area contributed by atoms with E-state index in [1.54, 1.807) is 12.4 Å². The summed E-state index contributed by atoms with van der Waals surface area (Å²) in [6, 6.07) is 9.97. The number of benzene rings is 1. The molecular weight excluding hydrogens is 212 g/mol. The summed E-state index contributed by atoms with van der Waals surface area (Å²) in [5.41, 5.74) is 9.39. The Labute approximate surface area is 98.7 Å². The minimum atomic E-state index is 0.654. The summed E-state index contributed by atoms with van der Waals surface area (Å²) in [6.07, 6.45) is 3.43. The smallest absolute Gasteiger partial charge is 0.163 e. The van der Waals surface area contributed by atoms with Gasteiger partial charge in [0.1, 0.15) is 0 Å². The maximum Gasteiger partial charge on any atom is 0.163 e. The number of aryl methyl sites for hydroxylation is 1. The van der Waals surface area contributed by atoms with E-state index in [1.807, 2.05) is 28.9 Å². The quantitative estimate of drug-likeness (QED) is 0.690. The van der Waals surface area contributed by atoms with Crippen LogP contribution in [0.5, 0.6) is 0 Å². The number of anilines is 1. The van der Waals surface area contributed by atoms with Crippen LogP contribution in [0.15, 0.2) is 42.7 Å². The Balaban J connectivity index is 2.29. The van der Waals surface area contributed by atoms with E-state index in [-0.39, 0.29) is 0 Å². The van der Waals surface area contributed by atoms with Crippen molar-refractivity contribution < 1.29 is 0 Å². The zero-order valence-electron chi connectivity index (χ0n) is 9.46. The van der Waals surface area contributed by atoms with Gasteiger partial charge in [-0.05, 0) is 24.6 Å². The van der Waals surface area contributed by atoms with Gasteiger partial charge in [-0.15, -0.1) is 0 Å². The third-order valence-corrected chi connectivity index (χ3v) is 2.77. The van der Waals surface area contributed by atoms with Crippen molar-refractivity contribution in [3.05, 3.63) is 48.3 Å². The topological polar surface area (TPSA) is 56.7 Å². The molecule has 0 amide bonds. The van der Waals surface area contributed by atoms with E-state index in [9.17, 15) is 0 Å². The fraction of sp³-hybridized carbons (Fsp3) is 0.0769. The summed E-state index contributed by atoms with van der Waals surface area (Å²) in [4.78, 5) is 4.33. The molecule has 0 aliphatic carbocycles. The Hall–Kier alpha value is -2.36. The largest absolute Gasteiger partial charge is 0.397 e. The van der Waals surface area contributed by atoms with E-state index in [2.05, 4.69) is 23.1 Å². The maximum atomic E-state index is 5.70. The first-order chi connectivity index (χ1) is 8.25. The first-order valence-electron chi connectivity index (χ1n) is 5.41. The predicted molar refractivity (Wildman–Crippen MR) is 68.0 cm³/mol. The lowest BCUT2D eigenvalue weighted by Crippen LogP contribution is -1.99. The highest BCUT2D eigenvalue weighted by atomic mass is 15.3. The molecule has 0 atom stereocenters. The van der Waals surface area contributed by atoms with Crippen molar-refractivity contribution in [3.8, 4) is 5.69 Å². The molecule has 84 valence electrons. The van der Waals surface area contributed by atoms with Crippen molar-refractivity contribution in [2.24, 2.45) is 0 Å². The van der Waals surface area contributed by atoms with Crippen molar-refractivity contribution in [1.29, 1.82) is 0 Å². The van der Waals surface area contributed by atoms with Gasteiger partial charge in [0.25, 0.3) is 0 Å². The van der Waals surface area contributed by atoms with Crippen LogP contribution in [0.4, 0.5) is 5.69 Å². The molecule has 2 heterocycles. The number of pyridine rings is 1. The molecule has 3 rings (SSSR count). The monoisotopic (exact) mass is 224 g/mol. The van der Waals surface area contributed by atoms with E-state index in [0.29, 0.717) is 5.69 Å². The van der Waals surface area contributed by atoms with Crippen LogP contribution in [0.1, 0.15) is 5.56 Å². The number of rotatable bonds is 1. The number of aromatic nitrogens is 3. The number of nitrogens with two attached hydrogens (primary N) is 1. The van der Waals surface area contributed by atoms with Crippen LogP contribution < -0.4 is 5.73 Å². The molecule has 17 heavy (non-hydrogen) atoms. The normalized spacial score (nSPS) is 10.9. The minimum Gasteiger partial charge on any atom is -0.397 e. The highest BCUT2D eigenvalue weighted by molar-refractivity contribution is 5.79. The second-order valence-electron chi connectivity index (χ2n) is 4.02. The van der Waals surface area contributed by atoms with E-state index in [1.165, 1.54) is 0 Å². The Morgan fingerprint density at radius 1 is 1.18 bits per heavy atom. The summed E-state index contributed by atoms with van der Waals surface area (Å²) in [5.74, 6) is 0. The van der Waals surface area contributed by atoms with Crippen LogP contribution in [0.3, 0.4) is 0 Å². The van der Waals surface area contributed by atoms with Gasteiger partial charge >= 0.3 is 0 Å². The average Bonchev–Trinajstić information content (AvgIpc) is 2.72. The van der Waals surface area contributed by atoms with E-state index in [4.69, 9.17) is 5.73 Å². The number of para-hydroxylation sites is 1. The highest BCUT2D eigenvalue weighted by Gasteiger charge is 2.07. The second-order valence-corrected chi connectivity index (χ2v) is 4.02. The molecule has 0 aliphatic rings. The molecule has 0 saturated heterocycles. The van der Waals surface area contributed by atoms with Gasteiger partial charge in [-0.2, -0.15) is 5.10 Å². The van der Waals surface area contributed by atoms with Crippen molar-refractivity contribution in [2.45, 2.75) is 6.92 Å². The van der Waals surface area contributed by atoms with Gasteiger partial charge in [0, 0.05) is 5.39 Å². The third-order valence-electron chi connectivity index (χ3n) is 2.77. The molecule has 0 unspecified atom stereocenters. The van der Waals surface area contributed by atoms with E-state index >= 15 is 0 Å². The third kappa shape index (κ3) is 1.54. The Morgan fingerprint density at radius 2 is 2.00 bits per heavy atom. The first kappa shape index (κ1) is 9.84. The number of nitrogens with zero attached hydrogens (tertiary/aromatic N) is 3. The number of hydrogen-bond donors (Lipinski definition) is 1. The molecule has 0 spiro atoms. The molecule has 1 aromatic carbocycles. The molecule has 0 radical (unpaired) electrons. The molecule has 0 bridgehead atoms. The molecule has 0 fully saturated rings. The van der Waals surface area contributed by atoms with Gasteiger partial charge in [-0.25, -0.2) is 9.67 Å². The summed E-state index contributed by atoms with van der Waals surface area (Å²) < 4.78 is 1.84. The number of nitrogen functional groups attached to an aromatic ring is 1. The fourth-order valence-corrected chi connectivity index (χ4v) is 1.92. The van der Waals surface area contributed by atoms with Crippen LogP contribution in [0.25, 0.3) is 16.7 Å². The SMILES string of the molecule is Cc1ccccc1-n1ncc2cc(N)cnc21. The summed E-state index contributed by atoms with van der Waals surface area (Å²) >= 11 is 0. The zero-order valence-corrected chi connectivity index (χ0v) is 9.46. The Kier molecular flexibility index (Phi) is 2.08. The summed E-state index contributed by atoms with van der Waals surface area (Å²) in [7, 11) is 0. The Morgan fingerprint density at radius 3 is 2.82 bits per heavy atom. The Bertz CT molecular complexity index is 685. The van der Waals surface area contributed by atoms with Crippen LogP contribution >= 0.6 is 0 Å². The summed E-state index contributed by atoms with van der Waals surface area (Å²) in [5, 5.41) is 5.32. The standard InChI is InChI=1S/C13H12N4/c1-9-4-2-3-5-12(9)17-13-10(7-16-17)6-11(14)8-15-13/h2-8H,14H2,1H3. The molecule has 4 nitrogen and oxygen atoms in total. The van der Waals surface area contributed by atoms with Crippen LogP contribution in [-0.4, -0.2) is 14.8 Å². The first-order valence-corrected chi connectivity index (χ1v) is 5.41. The van der Waals surface area contributed by atoms with Crippen molar-refractivity contribution in [3.63, 3.8) is 0 Å². The lowest BCUT2D eigenvalue weighted by molar-refractivity contribution is 0.889. The van der Waals surface area contributed by atoms with Crippen molar-refractivity contribution in [1.82, 2.24) is 14.8 Å². The number of fused-ring (bicyclic) bond motifs is 1. The molecular formula is C13H12N4. The van der Waals surface area contributed by atoms with Crippen molar-refractivity contribution >= 4 is 16.7 Å². The van der Waals surface area contributed by atoms with Gasteiger partial charge in [-0.3, -0.25) is 0 Å². The summed E-state index contributed by atoms with van der Waals surface area (Å²) in [6.45, 7) is 2.06.